The van der Waals surface area contributed by atoms with Crippen LogP contribution in [0.5, 0.6) is 0 Å². The van der Waals surface area contributed by atoms with E-state index >= 15 is 0 Å². The van der Waals surface area contributed by atoms with Gasteiger partial charge in [0, 0.05) is 9.79 Å². The zero-order valence-corrected chi connectivity index (χ0v) is 9.95. The molecular weight excluding hydrogens is 216 g/mol. The quantitative estimate of drug-likeness (QED) is 0.863. The first-order valence-corrected chi connectivity index (χ1v) is 6.08. The predicted molar refractivity (Wildman–Crippen MR) is 67.6 cm³/mol. The molecule has 2 aromatic rings. The average Bonchev–Trinajstić information content (AvgIpc) is 2.31. The summed E-state index contributed by atoms with van der Waals surface area (Å²) in [5, 5.41) is 9.40. The number of rotatable bonds is 3. The molecule has 0 unspecified atom stereocenters. The Hall–Kier alpha value is -1.25. The molecule has 0 aromatic heterocycles. The lowest BCUT2D eigenvalue weighted by molar-refractivity contribution is 0.199. The Kier molecular flexibility index (Phi) is 3.65. The molecule has 1 N–H and O–H groups in total. The number of hydrogen-bond donors (Lipinski definition) is 1. The Labute approximate surface area is 100 Å². The van der Waals surface area contributed by atoms with Gasteiger partial charge in [-0.05, 0) is 36.8 Å². The molecular formula is C14H14OS. The van der Waals surface area contributed by atoms with E-state index in [1.807, 2.05) is 42.5 Å². The summed E-state index contributed by atoms with van der Waals surface area (Å²) in [5.74, 6) is 0. The fraction of sp³-hybridized carbons (Fsp3) is 0.143. The molecule has 82 valence electrons. The van der Waals surface area contributed by atoms with Crippen LogP contribution in [0.25, 0.3) is 0 Å². The molecule has 0 radical (unpaired) electrons. The van der Waals surface area contributed by atoms with Crippen LogP contribution in [0.3, 0.4) is 0 Å². The molecule has 0 saturated heterocycles. The van der Waals surface area contributed by atoms with Crippen LogP contribution in [-0.4, -0.2) is 5.11 Å². The van der Waals surface area contributed by atoms with Crippen molar-refractivity contribution in [3.63, 3.8) is 0 Å². The standard InChI is InChI=1S/C14H14OS/c1-11(15)12-7-9-14(10-8-12)16-13-5-3-2-4-6-13/h2-11,15H,1H3/t11-/m1/s1. The summed E-state index contributed by atoms with van der Waals surface area (Å²) in [6.45, 7) is 1.78. The van der Waals surface area contributed by atoms with E-state index in [0.717, 1.165) is 5.56 Å². The van der Waals surface area contributed by atoms with Crippen LogP contribution in [0.2, 0.25) is 0 Å². The largest absolute Gasteiger partial charge is 0.389 e. The SMILES string of the molecule is C[C@@H](O)c1ccc(Sc2ccccc2)cc1. The van der Waals surface area contributed by atoms with Gasteiger partial charge >= 0.3 is 0 Å². The van der Waals surface area contributed by atoms with Crippen LogP contribution in [0.1, 0.15) is 18.6 Å². The molecule has 1 atom stereocenters. The Bertz CT molecular complexity index is 434. The molecule has 0 aliphatic rings. The first-order valence-electron chi connectivity index (χ1n) is 5.26. The average molecular weight is 230 g/mol. The van der Waals surface area contributed by atoms with Crippen molar-refractivity contribution in [2.75, 3.05) is 0 Å². The minimum Gasteiger partial charge on any atom is -0.389 e. The van der Waals surface area contributed by atoms with Crippen molar-refractivity contribution in [3.8, 4) is 0 Å². The Morgan fingerprint density at radius 1 is 0.875 bits per heavy atom. The van der Waals surface area contributed by atoms with Crippen LogP contribution in [0, 0.1) is 0 Å². The van der Waals surface area contributed by atoms with Crippen LogP contribution < -0.4 is 0 Å². The van der Waals surface area contributed by atoms with E-state index in [1.165, 1.54) is 9.79 Å². The van der Waals surface area contributed by atoms with Crippen molar-refractivity contribution >= 4 is 11.8 Å². The fourth-order valence-corrected chi connectivity index (χ4v) is 2.28. The Morgan fingerprint density at radius 3 is 2.00 bits per heavy atom. The highest BCUT2D eigenvalue weighted by Crippen LogP contribution is 2.28. The molecule has 16 heavy (non-hydrogen) atoms. The Balaban J connectivity index is 2.11. The molecule has 0 bridgehead atoms. The van der Waals surface area contributed by atoms with Gasteiger partial charge in [0.15, 0.2) is 0 Å². The Morgan fingerprint density at radius 2 is 1.44 bits per heavy atom. The van der Waals surface area contributed by atoms with Crippen LogP contribution in [-0.2, 0) is 0 Å². The van der Waals surface area contributed by atoms with Gasteiger partial charge in [-0.2, -0.15) is 0 Å². The predicted octanol–water partition coefficient (Wildman–Crippen LogP) is 3.89. The van der Waals surface area contributed by atoms with E-state index < -0.39 is 6.10 Å². The van der Waals surface area contributed by atoms with E-state index in [9.17, 15) is 5.11 Å². The van der Waals surface area contributed by atoms with E-state index in [2.05, 4.69) is 12.1 Å². The van der Waals surface area contributed by atoms with Crippen molar-refractivity contribution in [3.05, 3.63) is 60.2 Å². The molecule has 1 nitrogen and oxygen atoms in total. The molecule has 0 saturated carbocycles. The number of benzene rings is 2. The summed E-state index contributed by atoms with van der Waals surface area (Å²) in [4.78, 5) is 2.42. The molecule has 2 rings (SSSR count). The van der Waals surface area contributed by atoms with E-state index in [0.29, 0.717) is 0 Å². The van der Waals surface area contributed by atoms with Gasteiger partial charge in [0.25, 0.3) is 0 Å². The highest BCUT2D eigenvalue weighted by molar-refractivity contribution is 7.99. The summed E-state index contributed by atoms with van der Waals surface area (Å²) in [7, 11) is 0. The van der Waals surface area contributed by atoms with Crippen molar-refractivity contribution in [2.24, 2.45) is 0 Å². The topological polar surface area (TPSA) is 20.2 Å². The maximum Gasteiger partial charge on any atom is 0.0761 e. The van der Waals surface area contributed by atoms with Crippen LogP contribution >= 0.6 is 11.8 Å². The number of aliphatic hydroxyl groups excluding tert-OH is 1. The van der Waals surface area contributed by atoms with Gasteiger partial charge in [-0.1, -0.05) is 42.1 Å². The second kappa shape index (κ2) is 5.19. The maximum absolute atomic E-state index is 9.40. The van der Waals surface area contributed by atoms with Gasteiger partial charge in [0.2, 0.25) is 0 Å². The van der Waals surface area contributed by atoms with Gasteiger partial charge < -0.3 is 5.11 Å². The maximum atomic E-state index is 9.40. The summed E-state index contributed by atoms with van der Waals surface area (Å²) in [5.41, 5.74) is 0.956. The second-order valence-corrected chi connectivity index (χ2v) is 4.81. The van der Waals surface area contributed by atoms with Gasteiger partial charge in [-0.15, -0.1) is 0 Å². The highest BCUT2D eigenvalue weighted by atomic mass is 32.2. The smallest absolute Gasteiger partial charge is 0.0761 e. The minimum absolute atomic E-state index is 0.393. The van der Waals surface area contributed by atoms with Gasteiger partial charge in [0.05, 0.1) is 6.10 Å². The third-order valence-corrected chi connectivity index (χ3v) is 3.36. The zero-order valence-electron chi connectivity index (χ0n) is 9.13. The van der Waals surface area contributed by atoms with E-state index in [4.69, 9.17) is 0 Å². The van der Waals surface area contributed by atoms with Gasteiger partial charge in [0.1, 0.15) is 0 Å². The summed E-state index contributed by atoms with van der Waals surface area (Å²) >= 11 is 1.73. The van der Waals surface area contributed by atoms with Crippen LogP contribution in [0.15, 0.2) is 64.4 Å². The van der Waals surface area contributed by atoms with Crippen molar-refractivity contribution in [2.45, 2.75) is 22.8 Å². The third-order valence-electron chi connectivity index (χ3n) is 2.34. The molecule has 2 aromatic carbocycles. The summed E-state index contributed by atoms with van der Waals surface area (Å²) in [6, 6.07) is 18.3. The normalized spacial score (nSPS) is 12.4. The lowest BCUT2D eigenvalue weighted by Crippen LogP contribution is -1.89. The molecule has 0 fully saturated rings. The first-order chi connectivity index (χ1) is 7.75. The lowest BCUT2D eigenvalue weighted by Gasteiger charge is -2.06. The zero-order chi connectivity index (χ0) is 11.4. The number of aliphatic hydroxyl groups is 1. The fourth-order valence-electron chi connectivity index (χ4n) is 1.44. The molecule has 2 heteroatoms. The van der Waals surface area contributed by atoms with E-state index in [-0.39, 0.29) is 0 Å². The third kappa shape index (κ3) is 2.87. The van der Waals surface area contributed by atoms with Crippen molar-refractivity contribution in [1.82, 2.24) is 0 Å². The monoisotopic (exact) mass is 230 g/mol. The summed E-state index contributed by atoms with van der Waals surface area (Å²) < 4.78 is 0. The minimum atomic E-state index is -0.393. The summed E-state index contributed by atoms with van der Waals surface area (Å²) in [6.07, 6.45) is -0.393. The second-order valence-electron chi connectivity index (χ2n) is 3.66. The molecule has 0 heterocycles. The van der Waals surface area contributed by atoms with E-state index in [1.54, 1.807) is 18.7 Å². The van der Waals surface area contributed by atoms with Crippen molar-refractivity contribution in [1.29, 1.82) is 0 Å². The van der Waals surface area contributed by atoms with Crippen molar-refractivity contribution < 1.29 is 5.11 Å². The molecule has 0 spiro atoms. The molecule has 0 aliphatic heterocycles. The highest BCUT2D eigenvalue weighted by Gasteiger charge is 2.01. The number of hydrogen-bond acceptors (Lipinski definition) is 2. The molecule has 0 aliphatic carbocycles. The van der Waals surface area contributed by atoms with Crippen LogP contribution in [0.4, 0.5) is 0 Å². The first kappa shape index (κ1) is 11.2. The molecule has 0 amide bonds. The lowest BCUT2D eigenvalue weighted by atomic mass is 10.1. The van der Waals surface area contributed by atoms with Gasteiger partial charge in [-0.3, -0.25) is 0 Å². The van der Waals surface area contributed by atoms with Gasteiger partial charge in [-0.25, -0.2) is 0 Å².